The Bertz CT molecular complexity index is 759. The summed E-state index contributed by atoms with van der Waals surface area (Å²) in [6.07, 6.45) is 0. The van der Waals surface area contributed by atoms with E-state index < -0.39 is 0 Å². The molecular weight excluding hydrogens is 281 g/mol. The third-order valence-electron chi connectivity index (χ3n) is 3.41. The Balaban J connectivity index is 2.16. The van der Waals surface area contributed by atoms with Gasteiger partial charge in [0.1, 0.15) is 17.4 Å². The lowest BCUT2D eigenvalue weighted by molar-refractivity contribution is 0.392. The number of hydrogen-bond acceptors (Lipinski definition) is 3. The molecule has 0 saturated heterocycles. The summed E-state index contributed by atoms with van der Waals surface area (Å²) in [5.74, 6) is 1.42. The number of alkyl halides is 1. The molecule has 0 bridgehead atoms. The van der Waals surface area contributed by atoms with Gasteiger partial charge in [-0.3, -0.25) is 0 Å². The molecule has 0 saturated carbocycles. The van der Waals surface area contributed by atoms with Gasteiger partial charge in [0, 0.05) is 5.56 Å². The van der Waals surface area contributed by atoms with Crippen molar-refractivity contribution in [3.8, 4) is 0 Å². The van der Waals surface area contributed by atoms with E-state index in [1.54, 1.807) is 6.07 Å². The van der Waals surface area contributed by atoms with Crippen molar-refractivity contribution in [3.63, 3.8) is 0 Å². The van der Waals surface area contributed by atoms with E-state index in [1.807, 2.05) is 18.4 Å². The topological polar surface area (TPSA) is 43.9 Å². The largest absolute Gasteiger partial charge is 0.361 e. The average molecular weight is 294 g/mol. The van der Waals surface area contributed by atoms with Crippen molar-refractivity contribution in [2.45, 2.75) is 26.3 Å². The first kappa shape index (κ1) is 13.1. The number of benzene rings is 1. The van der Waals surface area contributed by atoms with Crippen LogP contribution < -0.4 is 0 Å². The number of hydrogen-bond donors (Lipinski definition) is 0. The SMILES string of the molecule is Cc1noc(C)c1Cn1c(CCl)nc2ccc(F)cc21. The van der Waals surface area contributed by atoms with E-state index in [0.717, 1.165) is 28.1 Å². The van der Waals surface area contributed by atoms with E-state index in [2.05, 4.69) is 10.1 Å². The van der Waals surface area contributed by atoms with Crippen molar-refractivity contribution in [2.24, 2.45) is 0 Å². The standard InChI is InChI=1S/C14H13ClFN3O/c1-8-11(9(2)20-18-8)7-19-13-5-10(16)3-4-12(13)17-14(19)6-15/h3-5H,6-7H2,1-2H3. The lowest BCUT2D eigenvalue weighted by Crippen LogP contribution is -2.05. The molecule has 3 rings (SSSR count). The van der Waals surface area contributed by atoms with Crippen molar-refractivity contribution >= 4 is 22.6 Å². The molecular formula is C14H13ClFN3O. The molecule has 1 aromatic carbocycles. The van der Waals surface area contributed by atoms with Gasteiger partial charge in [0.25, 0.3) is 0 Å². The highest BCUT2D eigenvalue weighted by Gasteiger charge is 2.15. The first-order valence-electron chi connectivity index (χ1n) is 6.22. The fourth-order valence-corrected chi connectivity index (χ4v) is 2.51. The number of fused-ring (bicyclic) bond motifs is 1. The maximum Gasteiger partial charge on any atom is 0.138 e. The van der Waals surface area contributed by atoms with Crippen molar-refractivity contribution in [1.82, 2.24) is 14.7 Å². The van der Waals surface area contributed by atoms with Crippen molar-refractivity contribution in [2.75, 3.05) is 0 Å². The molecule has 0 spiro atoms. The number of aromatic nitrogens is 3. The van der Waals surface area contributed by atoms with Gasteiger partial charge in [-0.05, 0) is 32.0 Å². The number of aryl methyl sites for hydroxylation is 2. The van der Waals surface area contributed by atoms with Gasteiger partial charge >= 0.3 is 0 Å². The molecule has 0 aliphatic rings. The molecule has 4 nitrogen and oxygen atoms in total. The number of nitrogens with zero attached hydrogens (tertiary/aromatic N) is 3. The maximum atomic E-state index is 13.5. The zero-order chi connectivity index (χ0) is 14.3. The second kappa shape index (κ2) is 4.90. The van der Waals surface area contributed by atoms with E-state index in [0.29, 0.717) is 12.4 Å². The second-order valence-electron chi connectivity index (χ2n) is 4.68. The summed E-state index contributed by atoms with van der Waals surface area (Å²) in [5.41, 5.74) is 3.25. The quantitative estimate of drug-likeness (QED) is 0.693. The Morgan fingerprint density at radius 1 is 1.35 bits per heavy atom. The van der Waals surface area contributed by atoms with Gasteiger partial charge in [0.15, 0.2) is 0 Å². The molecule has 0 aliphatic carbocycles. The first-order valence-corrected chi connectivity index (χ1v) is 6.76. The van der Waals surface area contributed by atoms with Gasteiger partial charge in [-0.25, -0.2) is 9.37 Å². The van der Waals surface area contributed by atoms with Gasteiger partial charge < -0.3 is 9.09 Å². The van der Waals surface area contributed by atoms with Gasteiger partial charge in [-0.2, -0.15) is 0 Å². The first-order chi connectivity index (χ1) is 9.60. The third-order valence-corrected chi connectivity index (χ3v) is 3.65. The van der Waals surface area contributed by atoms with Gasteiger partial charge in [-0.15, -0.1) is 11.6 Å². The molecule has 0 atom stereocenters. The molecule has 104 valence electrons. The normalized spacial score (nSPS) is 11.4. The van der Waals surface area contributed by atoms with Gasteiger partial charge in [0.2, 0.25) is 0 Å². The minimum absolute atomic E-state index is 0.264. The van der Waals surface area contributed by atoms with Crippen LogP contribution in [0.5, 0.6) is 0 Å². The number of halogens is 2. The fraction of sp³-hybridized carbons (Fsp3) is 0.286. The third kappa shape index (κ3) is 2.08. The lowest BCUT2D eigenvalue weighted by atomic mass is 10.2. The summed E-state index contributed by atoms with van der Waals surface area (Å²) < 4.78 is 20.5. The van der Waals surface area contributed by atoms with Gasteiger partial charge in [-0.1, -0.05) is 5.16 Å². The molecule has 3 aromatic rings. The summed E-state index contributed by atoms with van der Waals surface area (Å²) in [4.78, 5) is 4.43. The Morgan fingerprint density at radius 3 is 2.80 bits per heavy atom. The van der Waals surface area contributed by atoms with E-state index >= 15 is 0 Å². The highest BCUT2D eigenvalue weighted by atomic mass is 35.5. The summed E-state index contributed by atoms with van der Waals surface area (Å²) in [7, 11) is 0. The maximum absolute atomic E-state index is 13.5. The summed E-state index contributed by atoms with van der Waals surface area (Å²) >= 11 is 5.95. The van der Waals surface area contributed by atoms with Crippen LogP contribution in [0.3, 0.4) is 0 Å². The zero-order valence-electron chi connectivity index (χ0n) is 11.2. The summed E-state index contributed by atoms with van der Waals surface area (Å²) in [6, 6.07) is 4.52. The molecule has 0 amide bonds. The second-order valence-corrected chi connectivity index (χ2v) is 4.95. The molecule has 0 fully saturated rings. The molecule has 0 radical (unpaired) electrons. The van der Waals surface area contributed by atoms with Crippen LogP contribution in [0.1, 0.15) is 22.8 Å². The van der Waals surface area contributed by atoms with Crippen LogP contribution in [0.15, 0.2) is 22.7 Å². The Kier molecular flexibility index (Phi) is 3.22. The molecule has 2 aromatic heterocycles. The van der Waals surface area contributed by atoms with Crippen molar-refractivity contribution in [1.29, 1.82) is 0 Å². The van der Waals surface area contributed by atoms with Gasteiger partial charge in [0.05, 0.1) is 29.2 Å². The Hall–Kier alpha value is -1.88. The molecule has 6 heteroatoms. The highest BCUT2D eigenvalue weighted by Crippen LogP contribution is 2.22. The van der Waals surface area contributed by atoms with Crippen LogP contribution in [0.2, 0.25) is 0 Å². The molecule has 0 N–H and O–H groups in total. The average Bonchev–Trinajstić information content (AvgIpc) is 2.93. The van der Waals surface area contributed by atoms with Crippen LogP contribution in [0.25, 0.3) is 11.0 Å². The zero-order valence-corrected chi connectivity index (χ0v) is 11.9. The predicted octanol–water partition coefficient (Wildman–Crippen LogP) is 3.57. The van der Waals surface area contributed by atoms with Crippen molar-refractivity contribution in [3.05, 3.63) is 46.9 Å². The fourth-order valence-electron chi connectivity index (χ4n) is 2.31. The smallest absolute Gasteiger partial charge is 0.138 e. The minimum atomic E-state index is -0.293. The van der Waals surface area contributed by atoms with E-state index in [4.69, 9.17) is 16.1 Å². The Morgan fingerprint density at radius 2 is 2.15 bits per heavy atom. The summed E-state index contributed by atoms with van der Waals surface area (Å²) in [6.45, 7) is 4.25. The number of imidazole rings is 1. The minimum Gasteiger partial charge on any atom is -0.361 e. The van der Waals surface area contributed by atoms with Crippen LogP contribution >= 0.6 is 11.6 Å². The Labute approximate surface area is 120 Å². The van der Waals surface area contributed by atoms with Crippen LogP contribution in [0, 0.1) is 19.7 Å². The van der Waals surface area contributed by atoms with E-state index in [9.17, 15) is 4.39 Å². The molecule has 0 aliphatic heterocycles. The van der Waals surface area contributed by atoms with E-state index in [-0.39, 0.29) is 11.7 Å². The monoisotopic (exact) mass is 293 g/mol. The van der Waals surface area contributed by atoms with Crippen LogP contribution in [-0.2, 0) is 12.4 Å². The van der Waals surface area contributed by atoms with Crippen LogP contribution in [0.4, 0.5) is 4.39 Å². The van der Waals surface area contributed by atoms with E-state index in [1.165, 1.54) is 12.1 Å². The highest BCUT2D eigenvalue weighted by molar-refractivity contribution is 6.16. The number of rotatable bonds is 3. The van der Waals surface area contributed by atoms with Crippen LogP contribution in [-0.4, -0.2) is 14.7 Å². The van der Waals surface area contributed by atoms with Crippen molar-refractivity contribution < 1.29 is 8.91 Å². The lowest BCUT2D eigenvalue weighted by Gasteiger charge is -2.07. The molecule has 0 unspecified atom stereocenters. The molecule has 20 heavy (non-hydrogen) atoms. The summed E-state index contributed by atoms with van der Waals surface area (Å²) in [5, 5.41) is 3.93. The predicted molar refractivity (Wildman–Crippen MR) is 74.3 cm³/mol. The molecule has 2 heterocycles.